The maximum atomic E-state index is 11.3. The van der Waals surface area contributed by atoms with Crippen molar-refractivity contribution in [1.29, 1.82) is 0 Å². The van der Waals surface area contributed by atoms with Gasteiger partial charge in [-0.3, -0.25) is 0 Å². The second-order valence-electron chi connectivity index (χ2n) is 4.95. The van der Waals surface area contributed by atoms with Gasteiger partial charge in [-0.2, -0.15) is 0 Å². The highest BCUT2D eigenvalue weighted by atomic mass is 35.7. The van der Waals surface area contributed by atoms with E-state index in [1.165, 1.54) is 6.42 Å². The first-order valence-corrected chi connectivity index (χ1v) is 7.14. The largest absolute Gasteiger partial charge is 0.235 e. The van der Waals surface area contributed by atoms with E-state index in [1.807, 2.05) is 0 Å². The fourth-order valence-corrected chi connectivity index (χ4v) is 5.20. The van der Waals surface area contributed by atoms with Gasteiger partial charge >= 0.3 is 0 Å². The maximum absolute atomic E-state index is 11.3. The summed E-state index contributed by atoms with van der Waals surface area (Å²) in [5.41, 5.74) is 0.187. The van der Waals surface area contributed by atoms with E-state index in [4.69, 9.17) is 10.7 Å². The first-order valence-electron chi connectivity index (χ1n) is 4.77. The van der Waals surface area contributed by atoms with Crippen LogP contribution in [-0.2, 0) is 9.05 Å². The van der Waals surface area contributed by atoms with Gasteiger partial charge in [-0.1, -0.05) is 13.8 Å². The summed E-state index contributed by atoms with van der Waals surface area (Å²) in [5, 5.41) is -0.275. The Morgan fingerprint density at radius 3 is 2.15 bits per heavy atom. The Morgan fingerprint density at radius 1 is 1.31 bits per heavy atom. The molecule has 0 amide bonds. The summed E-state index contributed by atoms with van der Waals surface area (Å²) in [4.78, 5) is 0. The lowest BCUT2D eigenvalue weighted by molar-refractivity contribution is 0.260. The van der Waals surface area contributed by atoms with Crippen molar-refractivity contribution >= 4 is 19.7 Å². The van der Waals surface area contributed by atoms with Crippen molar-refractivity contribution in [2.45, 2.75) is 38.4 Å². The molecule has 76 valence electrons. The summed E-state index contributed by atoms with van der Waals surface area (Å²) >= 11 is 0. The fourth-order valence-electron chi connectivity index (χ4n) is 3.27. The molecule has 2 aliphatic carbocycles. The lowest BCUT2D eigenvalue weighted by Gasteiger charge is -2.25. The molecule has 0 aliphatic heterocycles. The molecule has 0 saturated heterocycles. The molecule has 2 bridgehead atoms. The van der Waals surface area contributed by atoms with E-state index in [0.717, 1.165) is 12.8 Å². The van der Waals surface area contributed by atoms with Crippen LogP contribution in [0.1, 0.15) is 33.1 Å². The van der Waals surface area contributed by atoms with Gasteiger partial charge in [-0.15, -0.1) is 0 Å². The zero-order chi connectivity index (χ0) is 9.85. The molecule has 0 spiro atoms. The first-order chi connectivity index (χ1) is 5.83. The van der Waals surface area contributed by atoms with Crippen LogP contribution < -0.4 is 0 Å². The average molecular weight is 223 g/mol. The quantitative estimate of drug-likeness (QED) is 0.639. The van der Waals surface area contributed by atoms with Gasteiger partial charge in [-0.25, -0.2) is 8.42 Å². The van der Waals surface area contributed by atoms with Gasteiger partial charge in [-0.05, 0) is 36.5 Å². The van der Waals surface area contributed by atoms with Crippen LogP contribution in [0.4, 0.5) is 0 Å². The van der Waals surface area contributed by atoms with Gasteiger partial charge in [0, 0.05) is 10.7 Å². The molecule has 2 fully saturated rings. The van der Waals surface area contributed by atoms with Crippen LogP contribution in [0.3, 0.4) is 0 Å². The molecule has 0 N–H and O–H groups in total. The van der Waals surface area contributed by atoms with Crippen LogP contribution in [0, 0.1) is 17.3 Å². The molecule has 3 atom stereocenters. The van der Waals surface area contributed by atoms with Crippen LogP contribution in [0.25, 0.3) is 0 Å². The van der Waals surface area contributed by atoms with Crippen molar-refractivity contribution in [2.75, 3.05) is 0 Å². The lowest BCUT2D eigenvalue weighted by Crippen LogP contribution is -2.27. The van der Waals surface area contributed by atoms with Crippen LogP contribution >= 0.6 is 10.7 Å². The van der Waals surface area contributed by atoms with Gasteiger partial charge in [0.25, 0.3) is 0 Å². The van der Waals surface area contributed by atoms with Crippen LogP contribution in [0.15, 0.2) is 0 Å². The zero-order valence-corrected chi connectivity index (χ0v) is 9.53. The average Bonchev–Trinajstić information content (AvgIpc) is 2.39. The SMILES string of the molecule is CC1(C)[C@@H]2CC[C@H]1[C@@H](S(=O)(=O)Cl)C2. The first kappa shape index (κ1) is 9.78. The third-order valence-electron chi connectivity index (χ3n) is 4.16. The molecule has 4 heteroatoms. The summed E-state index contributed by atoms with van der Waals surface area (Å²) in [6.07, 6.45) is 3.00. The van der Waals surface area contributed by atoms with Gasteiger partial charge in [0.1, 0.15) is 0 Å². The van der Waals surface area contributed by atoms with Crippen LogP contribution in [-0.4, -0.2) is 13.7 Å². The van der Waals surface area contributed by atoms with Gasteiger partial charge in [0.05, 0.1) is 5.25 Å². The van der Waals surface area contributed by atoms with Crippen molar-refractivity contribution in [3.63, 3.8) is 0 Å². The molecule has 0 radical (unpaired) electrons. The molecule has 0 unspecified atom stereocenters. The summed E-state index contributed by atoms with van der Waals surface area (Å²) in [5.74, 6) is 0.857. The molecule has 0 aromatic rings. The van der Waals surface area contributed by atoms with Crippen LogP contribution in [0.5, 0.6) is 0 Å². The predicted octanol–water partition coefficient (Wildman–Crippen LogP) is 2.38. The number of halogens is 1. The Balaban J connectivity index is 2.33. The second-order valence-corrected chi connectivity index (χ2v) is 7.80. The topological polar surface area (TPSA) is 34.1 Å². The molecule has 0 heterocycles. The predicted molar refractivity (Wildman–Crippen MR) is 53.2 cm³/mol. The smallest absolute Gasteiger partial charge is 0.212 e. The van der Waals surface area contributed by atoms with E-state index in [2.05, 4.69) is 13.8 Å². The number of fused-ring (bicyclic) bond motifs is 2. The monoisotopic (exact) mass is 222 g/mol. The van der Waals surface area contributed by atoms with Crippen LogP contribution in [0.2, 0.25) is 0 Å². The van der Waals surface area contributed by atoms with Crippen molar-refractivity contribution in [1.82, 2.24) is 0 Å². The molecular formula is C9H15ClO2S. The van der Waals surface area contributed by atoms with E-state index in [9.17, 15) is 8.42 Å². The second kappa shape index (κ2) is 2.63. The minimum absolute atomic E-state index is 0.187. The van der Waals surface area contributed by atoms with Crippen molar-refractivity contribution < 1.29 is 8.42 Å². The lowest BCUT2D eigenvalue weighted by atomic mass is 9.82. The standard InChI is InChI=1S/C9H15ClO2S/c1-9(2)6-3-4-7(9)8(5-6)13(10,11)12/h6-8H,3-5H2,1-2H3/t6-,7+,8+/m1/s1. The maximum Gasteiger partial charge on any atom is 0.235 e. The minimum Gasteiger partial charge on any atom is -0.212 e. The number of hydrogen-bond acceptors (Lipinski definition) is 2. The summed E-state index contributed by atoms with van der Waals surface area (Å²) in [7, 11) is 2.10. The van der Waals surface area contributed by atoms with Crippen molar-refractivity contribution in [2.24, 2.45) is 17.3 Å². The Morgan fingerprint density at radius 2 is 1.92 bits per heavy atom. The normalized spacial score (nSPS) is 42.5. The highest BCUT2D eigenvalue weighted by molar-refractivity contribution is 8.14. The third-order valence-corrected chi connectivity index (χ3v) is 6.09. The van der Waals surface area contributed by atoms with E-state index in [0.29, 0.717) is 11.8 Å². The highest BCUT2D eigenvalue weighted by Crippen LogP contribution is 2.59. The molecule has 2 saturated carbocycles. The molecule has 2 aliphatic rings. The van der Waals surface area contributed by atoms with Crippen molar-refractivity contribution in [3.05, 3.63) is 0 Å². The Labute approximate surface area is 84.1 Å². The number of rotatable bonds is 1. The Kier molecular flexibility index (Phi) is 1.98. The Bertz CT molecular complexity index is 321. The number of hydrogen-bond donors (Lipinski definition) is 0. The molecular weight excluding hydrogens is 208 g/mol. The minimum atomic E-state index is -3.33. The van der Waals surface area contributed by atoms with E-state index in [1.54, 1.807) is 0 Å². The third kappa shape index (κ3) is 1.32. The molecule has 2 nitrogen and oxygen atoms in total. The molecule has 0 aromatic heterocycles. The van der Waals surface area contributed by atoms with E-state index in [-0.39, 0.29) is 10.7 Å². The zero-order valence-electron chi connectivity index (χ0n) is 7.96. The summed E-state index contributed by atoms with van der Waals surface area (Å²) in [6, 6.07) is 0. The van der Waals surface area contributed by atoms with Gasteiger partial charge in [0.2, 0.25) is 9.05 Å². The molecule has 0 aromatic carbocycles. The Hall–Kier alpha value is 0.240. The van der Waals surface area contributed by atoms with Crippen molar-refractivity contribution in [3.8, 4) is 0 Å². The summed E-state index contributed by atoms with van der Waals surface area (Å²) in [6.45, 7) is 4.36. The summed E-state index contributed by atoms with van der Waals surface area (Å²) < 4.78 is 22.6. The van der Waals surface area contributed by atoms with E-state index >= 15 is 0 Å². The molecule has 2 rings (SSSR count). The fraction of sp³-hybridized carbons (Fsp3) is 1.00. The molecule has 13 heavy (non-hydrogen) atoms. The highest BCUT2D eigenvalue weighted by Gasteiger charge is 2.56. The van der Waals surface area contributed by atoms with E-state index < -0.39 is 9.05 Å². The van der Waals surface area contributed by atoms with Gasteiger partial charge in [0.15, 0.2) is 0 Å². The van der Waals surface area contributed by atoms with Gasteiger partial charge < -0.3 is 0 Å².